The van der Waals surface area contributed by atoms with Crippen LogP contribution in [-0.4, -0.2) is 29.8 Å². The molecule has 1 aromatic rings. The molecule has 114 valence electrons. The molecule has 0 spiro atoms. The minimum Gasteiger partial charge on any atom is -0.335 e. The van der Waals surface area contributed by atoms with Gasteiger partial charge in [0.15, 0.2) is 0 Å². The number of nitrogens with zero attached hydrogens (tertiary/aromatic N) is 1. The molecule has 4 nitrogen and oxygen atoms in total. The Morgan fingerprint density at radius 2 is 1.90 bits per heavy atom. The Labute approximate surface area is 134 Å². The van der Waals surface area contributed by atoms with Crippen LogP contribution in [0, 0.1) is 6.92 Å². The lowest BCUT2D eigenvalue weighted by Crippen LogP contribution is -2.44. The molecule has 5 heteroatoms. The first kappa shape index (κ1) is 16.0. The van der Waals surface area contributed by atoms with Crippen molar-refractivity contribution in [3.05, 3.63) is 28.2 Å². The summed E-state index contributed by atoms with van der Waals surface area (Å²) in [5, 5.41) is 2.68. The number of anilines is 1. The monoisotopic (exact) mass is 352 g/mol. The molecular formula is C16H21BrN2O2. The van der Waals surface area contributed by atoms with E-state index in [4.69, 9.17) is 0 Å². The van der Waals surface area contributed by atoms with Crippen LogP contribution < -0.4 is 5.32 Å². The van der Waals surface area contributed by atoms with Gasteiger partial charge in [-0.2, -0.15) is 0 Å². The number of halogens is 1. The molecule has 1 N–H and O–H groups in total. The lowest BCUT2D eigenvalue weighted by molar-refractivity contribution is -0.144. The van der Waals surface area contributed by atoms with Crippen LogP contribution in [0.1, 0.15) is 37.7 Å². The van der Waals surface area contributed by atoms with Crippen LogP contribution in [0.5, 0.6) is 0 Å². The quantitative estimate of drug-likeness (QED) is 0.828. The van der Waals surface area contributed by atoms with E-state index in [9.17, 15) is 9.59 Å². The molecule has 2 rings (SSSR count). The molecule has 1 saturated carbocycles. The summed E-state index contributed by atoms with van der Waals surface area (Å²) in [6.07, 6.45) is 5.47. The molecule has 0 heterocycles. The van der Waals surface area contributed by atoms with E-state index in [-0.39, 0.29) is 6.04 Å². The number of likely N-dealkylation sites (N-methyl/N-ethyl adjacent to an activating group) is 1. The van der Waals surface area contributed by atoms with Crippen molar-refractivity contribution in [3.8, 4) is 0 Å². The predicted octanol–water partition coefficient (Wildman–Crippen LogP) is 3.49. The SMILES string of the molecule is Cc1ccc(NC(=O)C(=O)N(C)C2CCCCC2)c(Br)c1. The molecule has 2 amide bonds. The van der Waals surface area contributed by atoms with E-state index >= 15 is 0 Å². The van der Waals surface area contributed by atoms with Crippen LogP contribution in [0.3, 0.4) is 0 Å². The van der Waals surface area contributed by atoms with E-state index in [2.05, 4.69) is 21.2 Å². The van der Waals surface area contributed by atoms with Crippen LogP contribution in [0.2, 0.25) is 0 Å². The minimum atomic E-state index is -0.576. The Balaban J connectivity index is 2.00. The molecule has 0 radical (unpaired) electrons. The smallest absolute Gasteiger partial charge is 0.313 e. The second-order valence-electron chi connectivity index (χ2n) is 5.65. The molecule has 1 aliphatic rings. The van der Waals surface area contributed by atoms with Crippen LogP contribution in [0.15, 0.2) is 22.7 Å². The molecule has 0 aromatic heterocycles. The number of amides is 2. The van der Waals surface area contributed by atoms with Crippen molar-refractivity contribution in [2.45, 2.75) is 45.1 Å². The zero-order valence-electron chi connectivity index (χ0n) is 12.5. The number of carbonyl (C=O) groups is 2. The lowest BCUT2D eigenvalue weighted by atomic mass is 9.94. The van der Waals surface area contributed by atoms with E-state index in [1.165, 1.54) is 6.42 Å². The van der Waals surface area contributed by atoms with Gasteiger partial charge in [-0.15, -0.1) is 0 Å². The first-order valence-electron chi connectivity index (χ1n) is 7.33. The number of rotatable bonds is 2. The zero-order valence-corrected chi connectivity index (χ0v) is 14.1. The van der Waals surface area contributed by atoms with E-state index in [1.807, 2.05) is 19.1 Å². The van der Waals surface area contributed by atoms with Gasteiger partial charge in [-0.3, -0.25) is 9.59 Å². The average molecular weight is 353 g/mol. The van der Waals surface area contributed by atoms with Crippen molar-refractivity contribution >= 4 is 33.4 Å². The molecule has 1 fully saturated rings. The summed E-state index contributed by atoms with van der Waals surface area (Å²) in [4.78, 5) is 25.9. The number of benzene rings is 1. The molecule has 0 bridgehead atoms. The van der Waals surface area contributed by atoms with Crippen molar-refractivity contribution in [2.75, 3.05) is 12.4 Å². The van der Waals surface area contributed by atoms with Crippen LogP contribution in [0.25, 0.3) is 0 Å². The van der Waals surface area contributed by atoms with E-state index in [0.717, 1.165) is 35.7 Å². The highest BCUT2D eigenvalue weighted by molar-refractivity contribution is 9.10. The second kappa shape index (κ2) is 7.07. The van der Waals surface area contributed by atoms with Gasteiger partial charge in [-0.25, -0.2) is 0 Å². The van der Waals surface area contributed by atoms with Gasteiger partial charge in [0.2, 0.25) is 0 Å². The van der Waals surface area contributed by atoms with Crippen molar-refractivity contribution in [1.29, 1.82) is 0 Å². The Morgan fingerprint density at radius 1 is 1.24 bits per heavy atom. The van der Waals surface area contributed by atoms with Crippen LogP contribution in [-0.2, 0) is 9.59 Å². The molecule has 1 aromatic carbocycles. The third-order valence-electron chi connectivity index (χ3n) is 4.01. The standard InChI is InChI=1S/C16H21BrN2O2/c1-11-8-9-14(13(17)10-11)18-15(20)16(21)19(2)12-6-4-3-5-7-12/h8-10,12H,3-7H2,1-2H3,(H,18,20). The molecule has 0 unspecified atom stereocenters. The topological polar surface area (TPSA) is 49.4 Å². The number of hydrogen-bond donors (Lipinski definition) is 1. The van der Waals surface area contributed by atoms with Crippen molar-refractivity contribution < 1.29 is 9.59 Å². The van der Waals surface area contributed by atoms with Crippen LogP contribution in [0.4, 0.5) is 5.69 Å². The first-order valence-corrected chi connectivity index (χ1v) is 8.12. The molecule has 0 aliphatic heterocycles. The fourth-order valence-corrected chi connectivity index (χ4v) is 3.28. The van der Waals surface area contributed by atoms with Gasteiger partial charge < -0.3 is 10.2 Å². The number of hydrogen-bond acceptors (Lipinski definition) is 2. The van der Waals surface area contributed by atoms with Crippen LogP contribution >= 0.6 is 15.9 Å². The summed E-state index contributed by atoms with van der Waals surface area (Å²) < 4.78 is 0.781. The lowest BCUT2D eigenvalue weighted by Gasteiger charge is -2.30. The Bertz CT molecular complexity index is 539. The summed E-state index contributed by atoms with van der Waals surface area (Å²) in [6.45, 7) is 1.97. The molecule has 0 atom stereocenters. The van der Waals surface area contributed by atoms with Gasteiger partial charge in [-0.1, -0.05) is 25.3 Å². The largest absolute Gasteiger partial charge is 0.335 e. The summed E-state index contributed by atoms with van der Waals surface area (Å²) >= 11 is 3.40. The first-order chi connectivity index (χ1) is 9.99. The highest BCUT2D eigenvalue weighted by atomic mass is 79.9. The summed E-state index contributed by atoms with van der Waals surface area (Å²) in [5.74, 6) is -1.04. The van der Waals surface area contributed by atoms with Gasteiger partial charge in [0.1, 0.15) is 0 Å². The maximum Gasteiger partial charge on any atom is 0.313 e. The fraction of sp³-hybridized carbons (Fsp3) is 0.500. The van der Waals surface area contributed by atoms with Gasteiger partial charge in [-0.05, 0) is 53.4 Å². The third kappa shape index (κ3) is 4.06. The Kier molecular flexibility index (Phi) is 5.39. The number of nitrogens with one attached hydrogen (secondary N) is 1. The maximum absolute atomic E-state index is 12.2. The van der Waals surface area contributed by atoms with Gasteiger partial charge in [0.25, 0.3) is 0 Å². The molecular weight excluding hydrogens is 332 g/mol. The van der Waals surface area contributed by atoms with E-state index in [0.29, 0.717) is 5.69 Å². The second-order valence-corrected chi connectivity index (χ2v) is 6.50. The summed E-state index contributed by atoms with van der Waals surface area (Å²) in [6, 6.07) is 5.80. The molecule has 21 heavy (non-hydrogen) atoms. The Morgan fingerprint density at radius 3 is 2.52 bits per heavy atom. The third-order valence-corrected chi connectivity index (χ3v) is 4.67. The number of carbonyl (C=O) groups excluding carboxylic acids is 2. The van der Waals surface area contributed by atoms with Gasteiger partial charge in [0, 0.05) is 17.6 Å². The van der Waals surface area contributed by atoms with Crippen molar-refractivity contribution in [2.24, 2.45) is 0 Å². The normalized spacial score (nSPS) is 15.6. The maximum atomic E-state index is 12.2. The van der Waals surface area contributed by atoms with Crippen molar-refractivity contribution in [1.82, 2.24) is 4.90 Å². The highest BCUT2D eigenvalue weighted by Gasteiger charge is 2.26. The van der Waals surface area contributed by atoms with Crippen molar-refractivity contribution in [3.63, 3.8) is 0 Å². The highest BCUT2D eigenvalue weighted by Crippen LogP contribution is 2.24. The Hall–Kier alpha value is -1.36. The number of aryl methyl sites for hydroxylation is 1. The minimum absolute atomic E-state index is 0.193. The average Bonchev–Trinajstić information content (AvgIpc) is 2.49. The molecule has 0 saturated heterocycles. The summed E-state index contributed by atoms with van der Waals surface area (Å²) in [7, 11) is 1.72. The van der Waals surface area contributed by atoms with E-state index in [1.54, 1.807) is 18.0 Å². The summed E-state index contributed by atoms with van der Waals surface area (Å²) in [5.41, 5.74) is 1.71. The zero-order chi connectivity index (χ0) is 15.4. The fourth-order valence-electron chi connectivity index (χ4n) is 2.69. The van der Waals surface area contributed by atoms with E-state index < -0.39 is 11.8 Å². The predicted molar refractivity (Wildman–Crippen MR) is 87.2 cm³/mol. The van der Waals surface area contributed by atoms with Gasteiger partial charge >= 0.3 is 11.8 Å². The molecule has 1 aliphatic carbocycles. The van der Waals surface area contributed by atoms with Gasteiger partial charge in [0.05, 0.1) is 5.69 Å².